The second-order valence-electron chi connectivity index (χ2n) is 17.5. The molecule has 2 aromatic heterocycles. The van der Waals surface area contributed by atoms with Gasteiger partial charge in [0, 0.05) is 44.4 Å². The molecule has 11 aromatic rings. The monoisotopic (exact) mass is 795 g/mol. The van der Waals surface area contributed by atoms with Crippen molar-refractivity contribution in [2.45, 2.75) is 31.7 Å². The minimum Gasteiger partial charge on any atom is -0.324 e. The molecule has 0 saturated carbocycles. The van der Waals surface area contributed by atoms with Gasteiger partial charge < -0.3 is 14.9 Å². The van der Waals surface area contributed by atoms with Crippen molar-refractivity contribution in [2.75, 3.05) is 0 Å². The Morgan fingerprint density at radius 1 is 0.403 bits per heavy atom. The van der Waals surface area contributed by atoms with Gasteiger partial charge in [0.05, 0.1) is 22.1 Å². The lowest BCUT2D eigenvalue weighted by atomic mass is 9.82. The van der Waals surface area contributed by atoms with E-state index < -0.39 is 0 Å². The van der Waals surface area contributed by atoms with Crippen molar-refractivity contribution < 1.29 is 0 Å². The zero-order chi connectivity index (χ0) is 41.5. The predicted octanol–water partition coefficient (Wildman–Crippen LogP) is 14.8. The number of hydrogen-bond acceptors (Lipinski definition) is 1. The van der Waals surface area contributed by atoms with Gasteiger partial charge in [-0.05, 0) is 123 Å². The molecule has 1 aliphatic carbocycles. The molecule has 1 aliphatic rings. The van der Waals surface area contributed by atoms with Gasteiger partial charge in [0.15, 0.2) is 0 Å². The lowest BCUT2D eigenvalue weighted by Crippen LogP contribution is -2.15. The standard InChI is InChI=1S/C59H45N3/c1-59(2)52-17-9-6-14-46(52)47-31-30-45(37-53(47)59)62-56-19-11-8-16-49(56)51-36-43(27-33-58(51)62)42-26-32-57-50(35-42)48-15-7-10-18-55(48)61(57)44-28-24-40(25-29-44)39-20-22-41(23-21-39)54(60)34-38-12-4-3-5-13-38/h3-33,35-37,54H,34,60H2,1-2H3. The Balaban J connectivity index is 0.893. The average Bonchev–Trinajstić information content (AvgIpc) is 3.91. The molecule has 9 aromatic carbocycles. The van der Waals surface area contributed by atoms with Crippen molar-refractivity contribution >= 4 is 43.6 Å². The van der Waals surface area contributed by atoms with Gasteiger partial charge in [-0.3, -0.25) is 0 Å². The molecule has 0 amide bonds. The van der Waals surface area contributed by atoms with Crippen molar-refractivity contribution in [3.8, 4) is 44.8 Å². The summed E-state index contributed by atoms with van der Waals surface area (Å²) in [5.41, 5.74) is 26.4. The van der Waals surface area contributed by atoms with E-state index in [1.54, 1.807) is 0 Å². The molecule has 0 spiro atoms. The molecule has 0 saturated heterocycles. The highest BCUT2D eigenvalue weighted by molar-refractivity contribution is 6.12. The van der Waals surface area contributed by atoms with Crippen LogP contribution in [0.3, 0.4) is 0 Å². The summed E-state index contributed by atoms with van der Waals surface area (Å²) in [6, 6.07) is 75.7. The van der Waals surface area contributed by atoms with E-state index in [0.717, 1.165) is 17.7 Å². The molecule has 0 bridgehead atoms. The van der Waals surface area contributed by atoms with Gasteiger partial charge in [-0.1, -0.05) is 159 Å². The second kappa shape index (κ2) is 14.1. The Labute approximate surface area is 361 Å². The van der Waals surface area contributed by atoms with E-state index in [2.05, 4.69) is 223 Å². The van der Waals surface area contributed by atoms with Gasteiger partial charge in [0.25, 0.3) is 0 Å². The molecule has 3 heteroatoms. The van der Waals surface area contributed by atoms with Crippen LogP contribution >= 0.6 is 0 Å². The van der Waals surface area contributed by atoms with Crippen LogP contribution in [0.15, 0.2) is 206 Å². The molecule has 2 heterocycles. The maximum absolute atomic E-state index is 6.61. The van der Waals surface area contributed by atoms with Crippen LogP contribution in [0.5, 0.6) is 0 Å². The zero-order valence-corrected chi connectivity index (χ0v) is 34.9. The van der Waals surface area contributed by atoms with Gasteiger partial charge in [-0.2, -0.15) is 0 Å². The van der Waals surface area contributed by atoms with Gasteiger partial charge in [-0.15, -0.1) is 0 Å². The molecule has 0 aliphatic heterocycles. The van der Waals surface area contributed by atoms with Crippen molar-refractivity contribution in [3.63, 3.8) is 0 Å². The fourth-order valence-corrected chi connectivity index (χ4v) is 10.4. The summed E-state index contributed by atoms with van der Waals surface area (Å²) in [6.07, 6.45) is 0.821. The summed E-state index contributed by atoms with van der Waals surface area (Å²) < 4.78 is 4.85. The lowest BCUT2D eigenvalue weighted by Gasteiger charge is -2.22. The van der Waals surface area contributed by atoms with Crippen LogP contribution < -0.4 is 5.73 Å². The molecule has 0 radical (unpaired) electrons. The van der Waals surface area contributed by atoms with Crippen LogP contribution in [0, 0.1) is 0 Å². The third kappa shape index (κ3) is 5.70. The highest BCUT2D eigenvalue weighted by Crippen LogP contribution is 2.49. The lowest BCUT2D eigenvalue weighted by molar-refractivity contribution is 0.660. The molecule has 12 rings (SSSR count). The first kappa shape index (κ1) is 36.4. The maximum atomic E-state index is 6.61. The molecule has 0 fully saturated rings. The summed E-state index contributed by atoms with van der Waals surface area (Å²) in [6.45, 7) is 4.71. The zero-order valence-electron chi connectivity index (χ0n) is 34.9. The third-order valence-electron chi connectivity index (χ3n) is 13.6. The third-order valence-corrected chi connectivity index (χ3v) is 13.6. The average molecular weight is 796 g/mol. The number of nitrogens with zero attached hydrogens (tertiary/aromatic N) is 2. The number of aromatic nitrogens is 2. The van der Waals surface area contributed by atoms with Crippen LogP contribution in [-0.2, 0) is 11.8 Å². The number of hydrogen-bond donors (Lipinski definition) is 1. The van der Waals surface area contributed by atoms with Crippen molar-refractivity contribution in [1.29, 1.82) is 0 Å². The summed E-state index contributed by atoms with van der Waals surface area (Å²) in [5.74, 6) is 0. The van der Waals surface area contributed by atoms with Crippen LogP contribution in [0.2, 0.25) is 0 Å². The molecule has 296 valence electrons. The van der Waals surface area contributed by atoms with Crippen LogP contribution in [-0.4, -0.2) is 9.13 Å². The van der Waals surface area contributed by atoms with Gasteiger partial charge in [-0.25, -0.2) is 0 Å². The number of rotatable bonds is 7. The Bertz CT molecular complexity index is 3510. The minimum absolute atomic E-state index is 0.0394. The van der Waals surface area contributed by atoms with Crippen molar-refractivity contribution in [1.82, 2.24) is 9.13 Å². The molecular formula is C59H45N3. The summed E-state index contributed by atoms with van der Waals surface area (Å²) >= 11 is 0. The number of para-hydroxylation sites is 2. The van der Waals surface area contributed by atoms with Crippen molar-refractivity contribution in [3.05, 3.63) is 229 Å². The first-order chi connectivity index (χ1) is 30.4. The summed E-state index contributed by atoms with van der Waals surface area (Å²) in [5, 5.41) is 5.01. The SMILES string of the molecule is CC1(C)c2ccccc2-c2ccc(-n3c4ccccc4c4cc(-c5ccc6c(c5)c5ccccc5n6-c5ccc(-c6ccc(C(N)Cc7ccccc7)cc6)cc5)ccc43)cc21. The molecule has 1 atom stereocenters. The Morgan fingerprint density at radius 2 is 0.887 bits per heavy atom. The fourth-order valence-electron chi connectivity index (χ4n) is 10.4. The maximum Gasteiger partial charge on any atom is 0.0541 e. The van der Waals surface area contributed by atoms with Gasteiger partial charge in [0.2, 0.25) is 0 Å². The quantitative estimate of drug-likeness (QED) is 0.171. The summed E-state index contributed by atoms with van der Waals surface area (Å²) in [4.78, 5) is 0. The van der Waals surface area contributed by atoms with E-state index in [4.69, 9.17) is 5.73 Å². The van der Waals surface area contributed by atoms with Crippen molar-refractivity contribution in [2.24, 2.45) is 5.73 Å². The van der Waals surface area contributed by atoms with E-state index in [0.29, 0.717) is 0 Å². The Kier molecular flexibility index (Phi) is 8.25. The topological polar surface area (TPSA) is 35.9 Å². The number of nitrogens with two attached hydrogens (primary N) is 1. The predicted molar refractivity (Wildman–Crippen MR) is 261 cm³/mol. The largest absolute Gasteiger partial charge is 0.324 e. The fraction of sp³-hybridized carbons (Fsp3) is 0.0847. The van der Waals surface area contributed by atoms with E-state index in [1.807, 2.05) is 6.07 Å². The number of benzene rings is 9. The van der Waals surface area contributed by atoms with E-state index in [1.165, 1.54) is 99.4 Å². The van der Waals surface area contributed by atoms with Crippen LogP contribution in [0.25, 0.3) is 88.4 Å². The van der Waals surface area contributed by atoms with Crippen LogP contribution in [0.1, 0.15) is 42.1 Å². The Hall–Kier alpha value is -7.46. The molecule has 2 N–H and O–H groups in total. The first-order valence-corrected chi connectivity index (χ1v) is 21.7. The van der Waals surface area contributed by atoms with Crippen LogP contribution in [0.4, 0.5) is 0 Å². The minimum atomic E-state index is -0.0649. The normalized spacial score (nSPS) is 13.5. The highest BCUT2D eigenvalue weighted by Gasteiger charge is 2.35. The highest BCUT2D eigenvalue weighted by atomic mass is 15.0. The van der Waals surface area contributed by atoms with Gasteiger partial charge in [0.1, 0.15) is 0 Å². The smallest absolute Gasteiger partial charge is 0.0541 e. The summed E-state index contributed by atoms with van der Waals surface area (Å²) in [7, 11) is 0. The van der Waals surface area contributed by atoms with E-state index in [9.17, 15) is 0 Å². The second-order valence-corrected chi connectivity index (χ2v) is 17.5. The van der Waals surface area contributed by atoms with E-state index in [-0.39, 0.29) is 11.5 Å². The number of fused-ring (bicyclic) bond motifs is 9. The molecular weight excluding hydrogens is 751 g/mol. The van der Waals surface area contributed by atoms with E-state index >= 15 is 0 Å². The van der Waals surface area contributed by atoms with Gasteiger partial charge >= 0.3 is 0 Å². The molecule has 1 unspecified atom stereocenters. The molecule has 3 nitrogen and oxygen atoms in total. The molecule has 62 heavy (non-hydrogen) atoms. The Morgan fingerprint density at radius 3 is 1.53 bits per heavy atom. The first-order valence-electron chi connectivity index (χ1n) is 21.7.